The van der Waals surface area contributed by atoms with E-state index in [9.17, 15) is 0 Å². The van der Waals surface area contributed by atoms with Gasteiger partial charge in [-0.05, 0) is 44.3 Å². The molecule has 0 aliphatic heterocycles. The summed E-state index contributed by atoms with van der Waals surface area (Å²) >= 11 is 0. The van der Waals surface area contributed by atoms with Gasteiger partial charge in [-0.3, -0.25) is 0 Å². The Hall–Kier alpha value is 0.531. The summed E-state index contributed by atoms with van der Waals surface area (Å²) in [6.07, 6.45) is 1.13. The molecule has 0 N–H and O–H groups in total. The second-order valence-corrected chi connectivity index (χ2v) is 23.1. The van der Waals surface area contributed by atoms with Crippen LogP contribution in [-0.2, 0) is 13.6 Å². The predicted molar refractivity (Wildman–Crippen MR) is 96.3 cm³/mol. The zero-order chi connectivity index (χ0) is 15.9. The Labute approximate surface area is 129 Å². The zero-order valence-electron chi connectivity index (χ0n) is 15.0. The monoisotopic (exact) mass is 336 g/mol. The minimum absolute atomic E-state index is 0.689. The van der Waals surface area contributed by atoms with E-state index in [-0.39, 0.29) is 0 Å². The fourth-order valence-corrected chi connectivity index (χ4v) is 20.7. The average Bonchev–Trinajstić information content (AvgIpc) is 2.17. The van der Waals surface area contributed by atoms with Crippen LogP contribution in [0, 0.1) is 0 Å². The number of ether oxygens (including phenoxy) is 2. The summed E-state index contributed by atoms with van der Waals surface area (Å²) < 4.78 is 17.2. The molecule has 0 heterocycles. The highest BCUT2D eigenvalue weighted by Gasteiger charge is 2.37. The van der Waals surface area contributed by atoms with Crippen LogP contribution < -0.4 is 0 Å². The Morgan fingerprint density at radius 2 is 1.40 bits per heavy atom. The molecule has 20 heavy (non-hydrogen) atoms. The predicted octanol–water partition coefficient (Wildman–Crippen LogP) is 4.34. The first kappa shape index (κ1) is 20.5. The Morgan fingerprint density at radius 3 is 1.85 bits per heavy atom. The van der Waals surface area contributed by atoms with Crippen molar-refractivity contribution in [3.05, 3.63) is 0 Å². The molecular formula is C14H36O3Si3. The molecular weight excluding hydrogens is 300 g/mol. The highest BCUT2D eigenvalue weighted by Crippen LogP contribution is 2.29. The largest absolute Gasteiger partial charge is 0.456 e. The third kappa shape index (κ3) is 12.3. The lowest BCUT2D eigenvalue weighted by Crippen LogP contribution is -2.49. The average molecular weight is 337 g/mol. The van der Waals surface area contributed by atoms with Gasteiger partial charge in [0.25, 0.3) is 0 Å². The van der Waals surface area contributed by atoms with Crippen LogP contribution in [0.2, 0.25) is 57.5 Å². The van der Waals surface area contributed by atoms with Gasteiger partial charge in [-0.15, -0.1) is 0 Å². The summed E-state index contributed by atoms with van der Waals surface area (Å²) in [5.74, 6) is 0. The Kier molecular flexibility index (Phi) is 9.08. The first-order valence-electron chi connectivity index (χ1n) is 7.74. The first-order chi connectivity index (χ1) is 8.97. The standard InChI is InChI=1S/C14H36O3Si3/c1-15-11-12-16-10-9-13-20(8,14-18(2,3)4)17-19(5,6)7/h9-14H2,1-8H3. The van der Waals surface area contributed by atoms with Crippen molar-refractivity contribution in [3.8, 4) is 0 Å². The third-order valence-electron chi connectivity index (χ3n) is 2.88. The van der Waals surface area contributed by atoms with Gasteiger partial charge < -0.3 is 13.6 Å². The van der Waals surface area contributed by atoms with Gasteiger partial charge in [-0.1, -0.05) is 19.6 Å². The van der Waals surface area contributed by atoms with Crippen LogP contribution in [-0.4, -0.2) is 51.6 Å². The van der Waals surface area contributed by atoms with Crippen molar-refractivity contribution in [2.75, 3.05) is 26.9 Å². The number of methoxy groups -OCH3 is 1. The van der Waals surface area contributed by atoms with E-state index in [4.69, 9.17) is 13.6 Å². The molecule has 0 saturated heterocycles. The Morgan fingerprint density at radius 1 is 0.800 bits per heavy atom. The quantitative estimate of drug-likeness (QED) is 0.415. The Balaban J connectivity index is 4.32. The van der Waals surface area contributed by atoms with Crippen molar-refractivity contribution in [1.29, 1.82) is 0 Å². The summed E-state index contributed by atoms with van der Waals surface area (Å²) in [6, 6.07) is 1.23. The molecule has 0 aromatic rings. The molecule has 0 radical (unpaired) electrons. The molecule has 0 aliphatic rings. The van der Waals surface area contributed by atoms with Crippen LogP contribution in [0.3, 0.4) is 0 Å². The SMILES string of the molecule is COCCOCCC[Si](C)(C[Si](C)(C)C)O[Si](C)(C)C. The van der Waals surface area contributed by atoms with Gasteiger partial charge in [0, 0.05) is 21.8 Å². The maximum Gasteiger partial charge on any atom is 0.174 e. The lowest BCUT2D eigenvalue weighted by Gasteiger charge is -2.38. The molecule has 0 amide bonds. The molecule has 1 atom stereocenters. The molecule has 6 heteroatoms. The molecule has 0 saturated carbocycles. The fraction of sp³-hybridized carbons (Fsp3) is 1.00. The van der Waals surface area contributed by atoms with Gasteiger partial charge in [0.15, 0.2) is 16.6 Å². The van der Waals surface area contributed by atoms with Crippen LogP contribution in [0.25, 0.3) is 0 Å². The molecule has 0 rings (SSSR count). The lowest BCUT2D eigenvalue weighted by molar-refractivity contribution is 0.0707. The summed E-state index contributed by atoms with van der Waals surface area (Å²) in [5.41, 5.74) is 1.36. The molecule has 0 fully saturated rings. The molecule has 0 bridgehead atoms. The molecule has 0 spiro atoms. The van der Waals surface area contributed by atoms with E-state index in [1.54, 1.807) is 7.11 Å². The molecule has 0 aromatic heterocycles. The van der Waals surface area contributed by atoms with Crippen molar-refractivity contribution in [1.82, 2.24) is 0 Å². The van der Waals surface area contributed by atoms with Gasteiger partial charge in [0.05, 0.1) is 13.2 Å². The van der Waals surface area contributed by atoms with Crippen molar-refractivity contribution in [2.24, 2.45) is 0 Å². The topological polar surface area (TPSA) is 27.7 Å². The smallest absolute Gasteiger partial charge is 0.174 e. The molecule has 1 unspecified atom stereocenters. The zero-order valence-corrected chi connectivity index (χ0v) is 18.0. The minimum Gasteiger partial charge on any atom is -0.456 e. The van der Waals surface area contributed by atoms with E-state index >= 15 is 0 Å². The van der Waals surface area contributed by atoms with Crippen LogP contribution in [0.5, 0.6) is 0 Å². The van der Waals surface area contributed by atoms with Crippen molar-refractivity contribution < 1.29 is 13.6 Å². The normalized spacial score (nSPS) is 16.2. The van der Waals surface area contributed by atoms with Gasteiger partial charge in [-0.2, -0.15) is 0 Å². The highest BCUT2D eigenvalue weighted by atomic mass is 28.4. The number of hydrogen-bond acceptors (Lipinski definition) is 3. The van der Waals surface area contributed by atoms with Crippen LogP contribution in [0.4, 0.5) is 0 Å². The second kappa shape index (κ2) is 8.85. The van der Waals surface area contributed by atoms with Gasteiger partial charge in [-0.25, -0.2) is 0 Å². The van der Waals surface area contributed by atoms with Crippen LogP contribution in [0.15, 0.2) is 0 Å². The fourth-order valence-electron chi connectivity index (χ4n) is 2.83. The van der Waals surface area contributed by atoms with Crippen molar-refractivity contribution in [3.63, 3.8) is 0 Å². The van der Waals surface area contributed by atoms with E-state index in [1.165, 1.54) is 11.7 Å². The highest BCUT2D eigenvalue weighted by molar-refractivity contribution is 6.96. The van der Waals surface area contributed by atoms with Crippen molar-refractivity contribution in [2.45, 2.75) is 64.0 Å². The van der Waals surface area contributed by atoms with Gasteiger partial charge >= 0.3 is 0 Å². The van der Waals surface area contributed by atoms with Gasteiger partial charge in [0.1, 0.15) is 0 Å². The lowest BCUT2D eigenvalue weighted by atomic mass is 10.5. The molecule has 122 valence electrons. The maximum atomic E-state index is 6.66. The number of rotatable bonds is 11. The van der Waals surface area contributed by atoms with E-state index < -0.39 is 24.7 Å². The van der Waals surface area contributed by atoms with E-state index in [0.717, 1.165) is 13.0 Å². The van der Waals surface area contributed by atoms with Crippen LogP contribution >= 0.6 is 0 Å². The second-order valence-electron chi connectivity index (χ2n) is 8.11. The van der Waals surface area contributed by atoms with E-state index in [2.05, 4.69) is 45.8 Å². The maximum absolute atomic E-state index is 6.66. The van der Waals surface area contributed by atoms with Gasteiger partial charge in [0.2, 0.25) is 0 Å². The minimum atomic E-state index is -1.58. The third-order valence-corrected chi connectivity index (χ3v) is 15.9. The summed E-state index contributed by atoms with van der Waals surface area (Å²) in [7, 11) is -2.39. The van der Waals surface area contributed by atoms with E-state index in [0.29, 0.717) is 13.2 Å². The molecule has 3 nitrogen and oxygen atoms in total. The van der Waals surface area contributed by atoms with Crippen LogP contribution in [0.1, 0.15) is 6.42 Å². The Bertz CT molecular complexity index is 243. The molecule has 0 aromatic carbocycles. The molecule has 0 aliphatic carbocycles. The van der Waals surface area contributed by atoms with E-state index in [1.807, 2.05) is 0 Å². The first-order valence-corrected chi connectivity index (χ1v) is 17.7. The summed E-state index contributed by atoms with van der Waals surface area (Å²) in [6.45, 7) is 19.0. The van der Waals surface area contributed by atoms with Crippen molar-refractivity contribution >= 4 is 24.7 Å². The number of hydrogen-bond donors (Lipinski definition) is 0. The summed E-state index contributed by atoms with van der Waals surface area (Å²) in [4.78, 5) is 0. The summed E-state index contributed by atoms with van der Waals surface area (Å²) in [5, 5.41) is 0.